The van der Waals surface area contributed by atoms with E-state index in [0.717, 1.165) is 5.56 Å². The first-order valence-electron chi connectivity index (χ1n) is 6.59. The first kappa shape index (κ1) is 13.8. The predicted molar refractivity (Wildman–Crippen MR) is 73.2 cm³/mol. The molecular formula is C14H17NO6. The summed E-state index contributed by atoms with van der Waals surface area (Å²) >= 11 is 0. The van der Waals surface area contributed by atoms with Crippen molar-refractivity contribution >= 4 is 5.71 Å². The van der Waals surface area contributed by atoms with E-state index in [0.29, 0.717) is 28.7 Å². The molecule has 0 spiro atoms. The molecule has 0 saturated heterocycles. The number of aliphatic hydroxyl groups excluding tert-OH is 1. The molecule has 0 fully saturated rings. The largest absolute Gasteiger partial charge is 0.493 e. The Kier molecular flexibility index (Phi) is 3.50. The Balaban J connectivity index is 2.07. The van der Waals surface area contributed by atoms with Crippen LogP contribution in [0.25, 0.3) is 0 Å². The number of fused-ring (bicyclic) bond motifs is 1. The number of hydrogen-bond donors (Lipinski definition) is 1. The molecule has 3 rings (SSSR count). The molecule has 7 nitrogen and oxygen atoms in total. The molecule has 21 heavy (non-hydrogen) atoms. The molecule has 1 aromatic carbocycles. The molecule has 2 aliphatic heterocycles. The molecular weight excluding hydrogens is 278 g/mol. The molecule has 2 aliphatic rings. The summed E-state index contributed by atoms with van der Waals surface area (Å²) in [6.45, 7) is 1.91. The van der Waals surface area contributed by atoms with Crippen LogP contribution in [-0.2, 0) is 4.84 Å². The van der Waals surface area contributed by atoms with Crippen LogP contribution >= 0.6 is 0 Å². The van der Waals surface area contributed by atoms with E-state index in [-0.39, 0.29) is 25.4 Å². The Morgan fingerprint density at radius 3 is 2.67 bits per heavy atom. The van der Waals surface area contributed by atoms with Crippen molar-refractivity contribution in [2.24, 2.45) is 11.1 Å². The Labute approximate surface area is 122 Å². The number of nitrogens with zero attached hydrogens (tertiary/aromatic N) is 1. The maximum Gasteiger partial charge on any atom is 0.231 e. The van der Waals surface area contributed by atoms with Crippen LogP contribution in [0.4, 0.5) is 0 Å². The van der Waals surface area contributed by atoms with E-state index >= 15 is 0 Å². The fourth-order valence-corrected chi connectivity index (χ4v) is 2.58. The Bertz CT molecular complexity index is 585. The van der Waals surface area contributed by atoms with E-state index in [2.05, 4.69) is 5.16 Å². The van der Waals surface area contributed by atoms with Crippen molar-refractivity contribution in [1.29, 1.82) is 0 Å². The van der Waals surface area contributed by atoms with E-state index in [4.69, 9.17) is 23.8 Å². The highest BCUT2D eigenvalue weighted by molar-refractivity contribution is 5.89. The molecule has 0 radical (unpaired) electrons. The molecule has 1 aromatic rings. The van der Waals surface area contributed by atoms with Gasteiger partial charge in [0.1, 0.15) is 0 Å². The van der Waals surface area contributed by atoms with Gasteiger partial charge in [0.05, 0.1) is 26.5 Å². The van der Waals surface area contributed by atoms with Crippen molar-refractivity contribution in [2.75, 3.05) is 27.6 Å². The Hall–Kier alpha value is -2.15. The van der Waals surface area contributed by atoms with Gasteiger partial charge in [0.2, 0.25) is 18.3 Å². The number of methoxy groups -OCH3 is 2. The molecule has 2 heterocycles. The monoisotopic (exact) mass is 295 g/mol. The lowest BCUT2D eigenvalue weighted by Crippen LogP contribution is -2.17. The molecule has 2 atom stereocenters. The third-order valence-electron chi connectivity index (χ3n) is 3.75. The second-order valence-electron chi connectivity index (χ2n) is 4.82. The predicted octanol–water partition coefficient (Wildman–Crippen LogP) is 1.49. The SMILES string of the molecule is COc1cc([C@@H]2ON=C(CO)[C@H]2C)c(OC)c2c1OCO2. The summed E-state index contributed by atoms with van der Waals surface area (Å²) in [4.78, 5) is 5.45. The quantitative estimate of drug-likeness (QED) is 0.906. The minimum absolute atomic E-state index is 0.0750. The van der Waals surface area contributed by atoms with Gasteiger partial charge in [-0.15, -0.1) is 0 Å². The van der Waals surface area contributed by atoms with Crippen molar-refractivity contribution in [3.05, 3.63) is 11.6 Å². The maximum atomic E-state index is 9.27. The van der Waals surface area contributed by atoms with Gasteiger partial charge in [0, 0.05) is 11.5 Å². The fourth-order valence-electron chi connectivity index (χ4n) is 2.58. The average molecular weight is 295 g/mol. The smallest absolute Gasteiger partial charge is 0.231 e. The number of ether oxygens (including phenoxy) is 4. The molecule has 0 saturated carbocycles. The van der Waals surface area contributed by atoms with Crippen molar-refractivity contribution in [3.63, 3.8) is 0 Å². The van der Waals surface area contributed by atoms with Crippen LogP contribution in [-0.4, -0.2) is 38.4 Å². The van der Waals surface area contributed by atoms with Crippen LogP contribution in [0.2, 0.25) is 0 Å². The van der Waals surface area contributed by atoms with Gasteiger partial charge in [-0.05, 0) is 6.07 Å². The third-order valence-corrected chi connectivity index (χ3v) is 3.75. The lowest BCUT2D eigenvalue weighted by atomic mass is 9.93. The minimum Gasteiger partial charge on any atom is -0.493 e. The molecule has 0 unspecified atom stereocenters. The van der Waals surface area contributed by atoms with Gasteiger partial charge in [-0.1, -0.05) is 12.1 Å². The van der Waals surface area contributed by atoms with Gasteiger partial charge in [0.15, 0.2) is 17.6 Å². The molecule has 7 heteroatoms. The van der Waals surface area contributed by atoms with Gasteiger partial charge < -0.3 is 28.9 Å². The van der Waals surface area contributed by atoms with Gasteiger partial charge >= 0.3 is 0 Å². The van der Waals surface area contributed by atoms with Crippen molar-refractivity contribution in [2.45, 2.75) is 13.0 Å². The molecule has 0 aromatic heterocycles. The highest BCUT2D eigenvalue weighted by Gasteiger charge is 2.37. The van der Waals surface area contributed by atoms with Gasteiger partial charge in [-0.3, -0.25) is 0 Å². The highest BCUT2D eigenvalue weighted by Crippen LogP contribution is 2.52. The normalized spacial score (nSPS) is 22.8. The second-order valence-corrected chi connectivity index (χ2v) is 4.82. The van der Waals surface area contributed by atoms with Crippen LogP contribution in [0, 0.1) is 5.92 Å². The molecule has 0 amide bonds. The number of aliphatic hydroxyl groups is 1. The molecule has 1 N–H and O–H groups in total. The van der Waals surface area contributed by atoms with Crippen LogP contribution in [0.15, 0.2) is 11.2 Å². The summed E-state index contributed by atoms with van der Waals surface area (Å²) in [7, 11) is 3.11. The van der Waals surface area contributed by atoms with Crippen LogP contribution in [0.1, 0.15) is 18.6 Å². The summed E-state index contributed by atoms with van der Waals surface area (Å²) in [5.74, 6) is 2.03. The lowest BCUT2D eigenvalue weighted by Gasteiger charge is -2.19. The first-order valence-corrected chi connectivity index (χ1v) is 6.59. The minimum atomic E-state index is -0.370. The summed E-state index contributed by atoms with van der Waals surface area (Å²) in [6, 6.07) is 1.79. The van der Waals surface area contributed by atoms with Crippen LogP contribution in [0.5, 0.6) is 23.0 Å². The van der Waals surface area contributed by atoms with Gasteiger partial charge in [-0.2, -0.15) is 0 Å². The van der Waals surface area contributed by atoms with E-state index in [1.807, 2.05) is 6.92 Å². The zero-order valence-corrected chi connectivity index (χ0v) is 12.1. The summed E-state index contributed by atoms with van der Waals surface area (Å²) < 4.78 is 21.7. The van der Waals surface area contributed by atoms with E-state index in [1.165, 1.54) is 0 Å². The van der Waals surface area contributed by atoms with Gasteiger partial charge in [0.25, 0.3) is 0 Å². The number of hydrogen-bond acceptors (Lipinski definition) is 7. The van der Waals surface area contributed by atoms with Gasteiger partial charge in [-0.25, -0.2) is 0 Å². The van der Waals surface area contributed by atoms with Crippen molar-refractivity contribution in [3.8, 4) is 23.0 Å². The molecule has 114 valence electrons. The number of benzene rings is 1. The van der Waals surface area contributed by atoms with E-state index < -0.39 is 0 Å². The van der Waals surface area contributed by atoms with Crippen LogP contribution in [0.3, 0.4) is 0 Å². The molecule has 0 bridgehead atoms. The topological polar surface area (TPSA) is 78.7 Å². The van der Waals surface area contributed by atoms with Crippen molar-refractivity contribution < 1.29 is 28.9 Å². The molecule has 0 aliphatic carbocycles. The Morgan fingerprint density at radius 1 is 1.29 bits per heavy atom. The lowest BCUT2D eigenvalue weighted by molar-refractivity contribution is 0.0628. The first-order chi connectivity index (χ1) is 10.2. The standard InChI is InChI=1S/C14H17NO6/c1-7-9(5-16)15-21-11(7)8-4-10(17-2)13-14(12(8)18-3)20-6-19-13/h4,7,11,16H,5-6H2,1-3H3/t7-,11-/m1/s1. The number of rotatable bonds is 4. The zero-order valence-electron chi connectivity index (χ0n) is 12.1. The summed E-state index contributed by atoms with van der Waals surface area (Å²) in [6.07, 6.45) is -0.370. The maximum absolute atomic E-state index is 9.27. The van der Waals surface area contributed by atoms with E-state index in [9.17, 15) is 5.11 Å². The fraction of sp³-hybridized carbons (Fsp3) is 0.500. The second kappa shape index (κ2) is 5.33. The third kappa shape index (κ3) is 2.04. The van der Waals surface area contributed by atoms with Crippen LogP contribution < -0.4 is 18.9 Å². The number of oxime groups is 1. The van der Waals surface area contributed by atoms with Crippen molar-refractivity contribution in [1.82, 2.24) is 0 Å². The Morgan fingerprint density at radius 2 is 2.05 bits per heavy atom. The van der Waals surface area contributed by atoms with E-state index in [1.54, 1.807) is 20.3 Å². The summed E-state index contributed by atoms with van der Waals surface area (Å²) in [5, 5.41) is 13.2. The highest BCUT2D eigenvalue weighted by atomic mass is 16.7. The summed E-state index contributed by atoms with van der Waals surface area (Å²) in [5.41, 5.74) is 1.34. The zero-order chi connectivity index (χ0) is 15.0. The average Bonchev–Trinajstić information content (AvgIpc) is 3.12.